The summed E-state index contributed by atoms with van der Waals surface area (Å²) in [7, 11) is 0. The number of aliphatic hydroxyl groups excluding tert-OH is 3. The standard InChI is InChI=1S/C10H11N5O6/c16-1-4-6(17)7(18)10(21-4)14-3-13-5-8(14)11-2-12-9(5)15(19)20/h2-4,6-7,10,16-18H,1H2/t4-,6-,7-,10-/m1/s1. The van der Waals surface area contributed by atoms with Crippen molar-refractivity contribution < 1.29 is 25.0 Å². The zero-order chi connectivity index (χ0) is 15.1. The number of nitrogens with zero attached hydrogens (tertiary/aromatic N) is 5. The Morgan fingerprint density at radius 1 is 1.33 bits per heavy atom. The van der Waals surface area contributed by atoms with Crippen molar-refractivity contribution in [2.24, 2.45) is 0 Å². The Morgan fingerprint density at radius 2 is 2.10 bits per heavy atom. The second-order valence-electron chi connectivity index (χ2n) is 4.51. The van der Waals surface area contributed by atoms with Gasteiger partial charge in [-0.1, -0.05) is 0 Å². The number of rotatable bonds is 3. The third-order valence-electron chi connectivity index (χ3n) is 3.30. The van der Waals surface area contributed by atoms with Crippen LogP contribution >= 0.6 is 0 Å². The number of aliphatic hydroxyl groups is 3. The Balaban J connectivity index is 2.06. The maximum Gasteiger partial charge on any atom is 0.395 e. The minimum Gasteiger partial charge on any atom is -0.394 e. The molecule has 0 unspecified atom stereocenters. The highest BCUT2D eigenvalue weighted by Crippen LogP contribution is 2.32. The van der Waals surface area contributed by atoms with Crippen LogP contribution in [-0.2, 0) is 4.74 Å². The zero-order valence-corrected chi connectivity index (χ0v) is 10.5. The molecule has 1 fully saturated rings. The van der Waals surface area contributed by atoms with E-state index in [2.05, 4.69) is 15.0 Å². The van der Waals surface area contributed by atoms with Crippen LogP contribution < -0.4 is 0 Å². The summed E-state index contributed by atoms with van der Waals surface area (Å²) in [4.78, 5) is 21.5. The normalized spacial score (nSPS) is 29.1. The van der Waals surface area contributed by atoms with Crippen molar-refractivity contribution in [2.75, 3.05) is 6.61 Å². The molecule has 21 heavy (non-hydrogen) atoms. The van der Waals surface area contributed by atoms with Gasteiger partial charge in [0.2, 0.25) is 11.8 Å². The average molecular weight is 297 g/mol. The van der Waals surface area contributed by atoms with Crippen LogP contribution in [0.25, 0.3) is 11.2 Å². The number of fused-ring (bicyclic) bond motifs is 1. The van der Waals surface area contributed by atoms with Gasteiger partial charge in [-0.25, -0.2) is 4.98 Å². The van der Waals surface area contributed by atoms with Crippen molar-refractivity contribution in [3.05, 3.63) is 22.8 Å². The molecule has 11 heteroatoms. The van der Waals surface area contributed by atoms with Gasteiger partial charge in [0.25, 0.3) is 0 Å². The second kappa shape index (κ2) is 4.96. The van der Waals surface area contributed by atoms with Crippen molar-refractivity contribution in [2.45, 2.75) is 24.5 Å². The molecule has 0 aromatic carbocycles. The van der Waals surface area contributed by atoms with Gasteiger partial charge in [0.05, 0.1) is 12.9 Å². The lowest BCUT2D eigenvalue weighted by atomic mass is 10.1. The molecule has 1 aliphatic rings. The topological polar surface area (TPSA) is 157 Å². The third kappa shape index (κ3) is 2.03. The molecule has 3 N–H and O–H groups in total. The summed E-state index contributed by atoms with van der Waals surface area (Å²) in [5, 5.41) is 39.6. The van der Waals surface area contributed by atoms with Gasteiger partial charge in [-0.15, -0.1) is 0 Å². The highest BCUT2D eigenvalue weighted by Gasteiger charge is 2.44. The van der Waals surface area contributed by atoms with Crippen LogP contribution in [0.5, 0.6) is 0 Å². The highest BCUT2D eigenvalue weighted by molar-refractivity contribution is 5.78. The molecule has 11 nitrogen and oxygen atoms in total. The summed E-state index contributed by atoms with van der Waals surface area (Å²) >= 11 is 0. The molecule has 0 saturated carbocycles. The van der Waals surface area contributed by atoms with Crippen molar-refractivity contribution in [1.82, 2.24) is 19.5 Å². The molecule has 2 aromatic heterocycles. The summed E-state index contributed by atoms with van der Waals surface area (Å²) in [5.41, 5.74) is 0.0341. The molecule has 4 atom stereocenters. The van der Waals surface area contributed by atoms with Crippen LogP contribution in [-0.4, -0.2) is 64.7 Å². The Hall–Kier alpha value is -2.21. The molecule has 1 saturated heterocycles. The van der Waals surface area contributed by atoms with Crippen LogP contribution in [0.1, 0.15) is 6.23 Å². The fourth-order valence-corrected chi connectivity index (χ4v) is 2.27. The fourth-order valence-electron chi connectivity index (χ4n) is 2.27. The number of hydrogen-bond acceptors (Lipinski definition) is 9. The Kier molecular flexibility index (Phi) is 3.25. The predicted octanol–water partition coefficient (Wildman–Crippen LogP) is -1.65. The van der Waals surface area contributed by atoms with E-state index in [4.69, 9.17) is 9.84 Å². The van der Waals surface area contributed by atoms with E-state index in [9.17, 15) is 20.3 Å². The molecule has 0 spiro atoms. The lowest BCUT2D eigenvalue weighted by molar-refractivity contribution is -0.387. The smallest absolute Gasteiger partial charge is 0.394 e. The van der Waals surface area contributed by atoms with E-state index >= 15 is 0 Å². The van der Waals surface area contributed by atoms with Crippen molar-refractivity contribution in [3.8, 4) is 0 Å². The summed E-state index contributed by atoms with van der Waals surface area (Å²) in [6, 6.07) is 0. The van der Waals surface area contributed by atoms with E-state index in [0.29, 0.717) is 0 Å². The van der Waals surface area contributed by atoms with Crippen LogP contribution in [0, 0.1) is 10.1 Å². The third-order valence-corrected chi connectivity index (χ3v) is 3.30. The summed E-state index contributed by atoms with van der Waals surface area (Å²) in [5.74, 6) is -0.467. The molecule has 0 bridgehead atoms. The van der Waals surface area contributed by atoms with Gasteiger partial charge in [0, 0.05) is 0 Å². The van der Waals surface area contributed by atoms with E-state index in [0.717, 1.165) is 6.33 Å². The minimum absolute atomic E-state index is 0.0553. The SMILES string of the molecule is O=[N+]([O-])c1ncnc2c1ncn2[C@@H]1O[C@H](CO)[C@@H](O)[C@H]1O. The molecule has 3 rings (SSSR count). The lowest BCUT2D eigenvalue weighted by Crippen LogP contribution is -2.33. The van der Waals surface area contributed by atoms with E-state index < -0.39 is 41.9 Å². The van der Waals surface area contributed by atoms with E-state index in [-0.39, 0.29) is 11.2 Å². The Labute approximate surface area is 116 Å². The first-order valence-electron chi connectivity index (χ1n) is 5.99. The van der Waals surface area contributed by atoms with Crippen LogP contribution in [0.2, 0.25) is 0 Å². The molecule has 1 aliphatic heterocycles. The number of nitro groups is 1. The molecule has 3 heterocycles. The zero-order valence-electron chi connectivity index (χ0n) is 10.5. The van der Waals surface area contributed by atoms with Crippen molar-refractivity contribution >= 4 is 17.0 Å². The van der Waals surface area contributed by atoms with Gasteiger partial charge in [0.15, 0.2) is 11.9 Å². The molecular formula is C10H11N5O6. The Morgan fingerprint density at radius 3 is 2.71 bits per heavy atom. The number of aromatic nitrogens is 4. The van der Waals surface area contributed by atoms with Gasteiger partial charge in [0.1, 0.15) is 18.3 Å². The first kappa shape index (κ1) is 13.8. The van der Waals surface area contributed by atoms with Gasteiger partial charge in [-0.2, -0.15) is 4.98 Å². The molecular weight excluding hydrogens is 286 g/mol. The van der Waals surface area contributed by atoms with Gasteiger partial charge >= 0.3 is 5.82 Å². The van der Waals surface area contributed by atoms with E-state index in [1.807, 2.05) is 0 Å². The minimum atomic E-state index is -1.33. The molecule has 0 aliphatic carbocycles. The van der Waals surface area contributed by atoms with E-state index in [1.165, 1.54) is 10.9 Å². The van der Waals surface area contributed by atoms with Crippen LogP contribution in [0.4, 0.5) is 5.82 Å². The molecule has 2 aromatic rings. The van der Waals surface area contributed by atoms with Crippen molar-refractivity contribution in [1.29, 1.82) is 0 Å². The Bertz CT molecular complexity index is 690. The van der Waals surface area contributed by atoms with Crippen LogP contribution in [0.15, 0.2) is 12.7 Å². The highest BCUT2D eigenvalue weighted by atomic mass is 16.6. The first-order valence-corrected chi connectivity index (χ1v) is 5.99. The number of imidazole rings is 1. The predicted molar refractivity (Wildman–Crippen MR) is 65.0 cm³/mol. The first-order chi connectivity index (χ1) is 10.0. The molecule has 0 radical (unpaired) electrons. The summed E-state index contributed by atoms with van der Waals surface area (Å²) in [6.07, 6.45) is -2.43. The number of ether oxygens (including phenoxy) is 1. The number of hydrogen-bond donors (Lipinski definition) is 3. The maximum absolute atomic E-state index is 10.9. The summed E-state index contributed by atoms with van der Waals surface area (Å²) in [6.45, 7) is -0.476. The van der Waals surface area contributed by atoms with Gasteiger partial charge in [-0.05, 0) is 9.91 Å². The van der Waals surface area contributed by atoms with Gasteiger partial charge in [-0.3, -0.25) is 4.57 Å². The van der Waals surface area contributed by atoms with Gasteiger partial charge < -0.3 is 30.2 Å². The monoisotopic (exact) mass is 297 g/mol. The van der Waals surface area contributed by atoms with Crippen molar-refractivity contribution in [3.63, 3.8) is 0 Å². The quantitative estimate of drug-likeness (QED) is 0.445. The lowest BCUT2D eigenvalue weighted by Gasteiger charge is -2.16. The molecule has 0 amide bonds. The second-order valence-corrected chi connectivity index (χ2v) is 4.51. The fraction of sp³-hybridized carbons (Fsp3) is 0.500. The molecule has 112 valence electrons. The van der Waals surface area contributed by atoms with E-state index in [1.54, 1.807) is 0 Å². The average Bonchev–Trinajstić information content (AvgIpc) is 3.01. The summed E-state index contributed by atoms with van der Waals surface area (Å²) < 4.78 is 6.59. The maximum atomic E-state index is 10.9. The largest absolute Gasteiger partial charge is 0.395 e. The van der Waals surface area contributed by atoms with Crippen LogP contribution in [0.3, 0.4) is 0 Å².